The quantitative estimate of drug-likeness (QED) is 0.714. The molecular formula is C10H17N5O2S. The topological polar surface area (TPSA) is 110 Å². The van der Waals surface area contributed by atoms with Crippen LogP contribution in [0.15, 0.2) is 6.07 Å². The highest BCUT2D eigenvalue weighted by Crippen LogP contribution is 2.18. The van der Waals surface area contributed by atoms with Crippen molar-refractivity contribution in [1.29, 1.82) is 0 Å². The molecular weight excluding hydrogens is 254 g/mol. The maximum atomic E-state index is 11.5. The lowest BCUT2D eigenvalue weighted by atomic mass is 10.2. The molecule has 1 aromatic rings. The number of nitrogens with zero attached hydrogens (tertiary/aromatic N) is 2. The molecule has 1 atom stereocenters. The monoisotopic (exact) mass is 271 g/mol. The van der Waals surface area contributed by atoms with Gasteiger partial charge in [-0.05, 0) is 12.8 Å². The van der Waals surface area contributed by atoms with Crippen LogP contribution in [-0.2, 0) is 9.84 Å². The summed E-state index contributed by atoms with van der Waals surface area (Å²) in [5, 5.41) is 5.97. The summed E-state index contributed by atoms with van der Waals surface area (Å²) in [4.78, 5) is 8.02. The van der Waals surface area contributed by atoms with Crippen LogP contribution in [0.25, 0.3) is 0 Å². The van der Waals surface area contributed by atoms with Gasteiger partial charge >= 0.3 is 0 Å². The van der Waals surface area contributed by atoms with Gasteiger partial charge in [-0.25, -0.2) is 8.42 Å². The Balaban J connectivity index is 2.11. The highest BCUT2D eigenvalue weighted by Gasteiger charge is 2.24. The molecule has 100 valence electrons. The van der Waals surface area contributed by atoms with Gasteiger partial charge in [-0.1, -0.05) is 0 Å². The number of rotatable bonds is 3. The fourth-order valence-corrected chi connectivity index (χ4v) is 3.65. The van der Waals surface area contributed by atoms with Crippen LogP contribution in [0, 0.1) is 0 Å². The van der Waals surface area contributed by atoms with Gasteiger partial charge in [-0.3, -0.25) is 0 Å². The number of anilines is 3. The first-order chi connectivity index (χ1) is 8.48. The third-order valence-corrected chi connectivity index (χ3v) is 4.64. The molecule has 1 aliphatic heterocycles. The van der Waals surface area contributed by atoms with Gasteiger partial charge in [0.25, 0.3) is 0 Å². The van der Waals surface area contributed by atoms with Crippen LogP contribution in [0.5, 0.6) is 0 Å². The van der Waals surface area contributed by atoms with Crippen molar-refractivity contribution < 1.29 is 8.42 Å². The molecule has 0 saturated carbocycles. The minimum atomic E-state index is -2.93. The van der Waals surface area contributed by atoms with E-state index in [4.69, 9.17) is 5.73 Å². The third kappa shape index (κ3) is 3.22. The number of nitrogens with two attached hydrogens (primary N) is 1. The molecule has 1 fully saturated rings. The molecule has 0 amide bonds. The van der Waals surface area contributed by atoms with Crippen molar-refractivity contribution in [3.8, 4) is 0 Å². The number of nitrogens with one attached hydrogen (secondary N) is 2. The van der Waals surface area contributed by atoms with E-state index < -0.39 is 9.84 Å². The van der Waals surface area contributed by atoms with E-state index in [-0.39, 0.29) is 23.5 Å². The first kappa shape index (κ1) is 12.9. The Hall–Kier alpha value is -1.57. The molecule has 8 heteroatoms. The smallest absolute Gasteiger partial charge is 0.223 e. The van der Waals surface area contributed by atoms with Crippen LogP contribution in [0.1, 0.15) is 12.8 Å². The van der Waals surface area contributed by atoms with Gasteiger partial charge in [-0.2, -0.15) is 9.97 Å². The predicted molar refractivity (Wildman–Crippen MR) is 71.3 cm³/mol. The van der Waals surface area contributed by atoms with Gasteiger partial charge in [-0.15, -0.1) is 0 Å². The molecule has 7 nitrogen and oxygen atoms in total. The normalized spacial score (nSPS) is 22.4. The molecule has 0 bridgehead atoms. The Kier molecular flexibility index (Phi) is 3.55. The van der Waals surface area contributed by atoms with Crippen molar-refractivity contribution >= 4 is 27.4 Å². The summed E-state index contributed by atoms with van der Waals surface area (Å²) in [6.45, 7) is 0. The van der Waals surface area contributed by atoms with Crippen molar-refractivity contribution in [2.75, 3.05) is 34.9 Å². The predicted octanol–water partition coefficient (Wildman–Crippen LogP) is 0.0896. The van der Waals surface area contributed by atoms with Crippen LogP contribution in [0.4, 0.5) is 17.6 Å². The number of hydrogen-bond donors (Lipinski definition) is 3. The molecule has 0 radical (unpaired) electrons. The molecule has 0 aliphatic carbocycles. The molecule has 4 N–H and O–H groups in total. The Morgan fingerprint density at radius 1 is 1.39 bits per heavy atom. The zero-order valence-corrected chi connectivity index (χ0v) is 11.0. The van der Waals surface area contributed by atoms with Gasteiger partial charge in [0.2, 0.25) is 5.95 Å². The van der Waals surface area contributed by atoms with Gasteiger partial charge in [0.05, 0.1) is 11.5 Å². The largest absolute Gasteiger partial charge is 0.373 e. The van der Waals surface area contributed by atoms with Crippen molar-refractivity contribution in [3.05, 3.63) is 6.07 Å². The average Bonchev–Trinajstić information content (AvgIpc) is 2.26. The van der Waals surface area contributed by atoms with Crippen molar-refractivity contribution in [1.82, 2.24) is 9.97 Å². The number of nitrogen functional groups attached to an aromatic ring is 1. The van der Waals surface area contributed by atoms with E-state index in [1.807, 2.05) is 0 Å². The van der Waals surface area contributed by atoms with Crippen molar-refractivity contribution in [3.63, 3.8) is 0 Å². The van der Waals surface area contributed by atoms with E-state index in [0.717, 1.165) is 6.42 Å². The molecule has 0 aromatic carbocycles. The molecule has 1 aliphatic rings. The number of aromatic nitrogens is 2. The summed E-state index contributed by atoms with van der Waals surface area (Å²) in [6.07, 6.45) is 1.50. The van der Waals surface area contributed by atoms with Gasteiger partial charge in [0.15, 0.2) is 9.84 Å². The molecule has 1 unspecified atom stereocenters. The summed E-state index contributed by atoms with van der Waals surface area (Å²) in [5.41, 5.74) is 5.57. The Labute approximate surface area is 106 Å². The lowest BCUT2D eigenvalue weighted by Crippen LogP contribution is -2.35. The minimum Gasteiger partial charge on any atom is -0.373 e. The minimum absolute atomic E-state index is 0.109. The second-order valence-electron chi connectivity index (χ2n) is 4.34. The van der Waals surface area contributed by atoms with E-state index in [0.29, 0.717) is 18.1 Å². The zero-order chi connectivity index (χ0) is 13.2. The summed E-state index contributed by atoms with van der Waals surface area (Å²) < 4.78 is 23.1. The Morgan fingerprint density at radius 2 is 2.11 bits per heavy atom. The summed E-state index contributed by atoms with van der Waals surface area (Å²) in [6, 6.07) is 1.60. The van der Waals surface area contributed by atoms with Crippen LogP contribution in [0.3, 0.4) is 0 Å². The van der Waals surface area contributed by atoms with E-state index in [2.05, 4.69) is 20.6 Å². The SMILES string of the molecule is CNc1cc(NC2CCCS(=O)(=O)C2)nc(N)n1. The fraction of sp³-hybridized carbons (Fsp3) is 0.600. The summed E-state index contributed by atoms with van der Waals surface area (Å²) >= 11 is 0. The highest BCUT2D eigenvalue weighted by molar-refractivity contribution is 7.91. The third-order valence-electron chi connectivity index (χ3n) is 2.81. The van der Waals surface area contributed by atoms with Crippen molar-refractivity contribution in [2.24, 2.45) is 0 Å². The zero-order valence-electron chi connectivity index (χ0n) is 10.2. The molecule has 1 saturated heterocycles. The molecule has 0 spiro atoms. The van der Waals surface area contributed by atoms with E-state index in [9.17, 15) is 8.42 Å². The second-order valence-corrected chi connectivity index (χ2v) is 6.57. The lowest BCUT2D eigenvalue weighted by molar-refractivity contribution is 0.561. The Morgan fingerprint density at radius 3 is 2.78 bits per heavy atom. The van der Waals surface area contributed by atoms with Gasteiger partial charge in [0.1, 0.15) is 11.6 Å². The lowest BCUT2D eigenvalue weighted by Gasteiger charge is -2.23. The standard InChI is InChI=1S/C10H17N5O2S/c1-12-8-5-9(15-10(11)14-8)13-7-3-2-4-18(16,17)6-7/h5,7H,2-4,6H2,1H3,(H4,11,12,13,14,15). The maximum Gasteiger partial charge on any atom is 0.223 e. The fourth-order valence-electron chi connectivity index (χ4n) is 2.01. The van der Waals surface area contributed by atoms with Crippen molar-refractivity contribution in [2.45, 2.75) is 18.9 Å². The first-order valence-electron chi connectivity index (χ1n) is 5.78. The second kappa shape index (κ2) is 4.97. The summed E-state index contributed by atoms with van der Waals surface area (Å²) in [5.74, 6) is 1.73. The number of hydrogen-bond acceptors (Lipinski definition) is 7. The van der Waals surface area contributed by atoms with E-state index in [1.54, 1.807) is 13.1 Å². The van der Waals surface area contributed by atoms with Crippen LogP contribution in [-0.4, -0.2) is 43.0 Å². The number of sulfone groups is 1. The molecule has 1 aromatic heterocycles. The van der Waals surface area contributed by atoms with Crippen LogP contribution < -0.4 is 16.4 Å². The maximum absolute atomic E-state index is 11.5. The van der Waals surface area contributed by atoms with Gasteiger partial charge in [0, 0.05) is 19.2 Å². The summed E-state index contributed by atoms with van der Waals surface area (Å²) in [7, 11) is -1.20. The Bertz CT molecular complexity index is 531. The molecule has 2 rings (SSSR count). The average molecular weight is 271 g/mol. The van der Waals surface area contributed by atoms with Gasteiger partial charge < -0.3 is 16.4 Å². The molecule has 2 heterocycles. The first-order valence-corrected chi connectivity index (χ1v) is 7.60. The van der Waals surface area contributed by atoms with Crippen LogP contribution >= 0.6 is 0 Å². The highest BCUT2D eigenvalue weighted by atomic mass is 32.2. The van der Waals surface area contributed by atoms with E-state index >= 15 is 0 Å². The van der Waals surface area contributed by atoms with Crippen LogP contribution in [0.2, 0.25) is 0 Å². The molecule has 18 heavy (non-hydrogen) atoms. The van der Waals surface area contributed by atoms with E-state index in [1.165, 1.54) is 0 Å².